The molecule has 6 nitrogen and oxygen atoms in total. The number of hydrogen-bond acceptors (Lipinski definition) is 6. The molecule has 0 saturated heterocycles. The van der Waals surface area contributed by atoms with Crippen LogP contribution in [-0.4, -0.2) is 29.7 Å². The molecule has 0 spiro atoms. The summed E-state index contributed by atoms with van der Waals surface area (Å²) in [4.78, 5) is 28.5. The van der Waals surface area contributed by atoms with Gasteiger partial charge in [0.15, 0.2) is 0 Å². The van der Waals surface area contributed by atoms with E-state index in [0.29, 0.717) is 17.2 Å². The standard InChI is InChI=1S/C22H21FN2O4S/c1-28-21(27)11-19(15-7-9-17(23)10-8-15)25-20(26)14-30-13-18-12-29-22(24-18)16-5-3-2-4-6-16/h2-10,12,19H,11,13-14H2,1H3,(H,25,26)/t19-/m1/s1. The molecule has 0 saturated carbocycles. The van der Waals surface area contributed by atoms with Crippen LogP contribution in [0.1, 0.15) is 23.7 Å². The highest BCUT2D eigenvalue weighted by atomic mass is 32.2. The molecule has 0 aliphatic rings. The Hall–Kier alpha value is -3.13. The number of nitrogens with one attached hydrogen (secondary N) is 1. The molecule has 0 radical (unpaired) electrons. The fourth-order valence-corrected chi connectivity index (χ4v) is 3.48. The molecule has 1 heterocycles. The lowest BCUT2D eigenvalue weighted by atomic mass is 10.0. The van der Waals surface area contributed by atoms with Gasteiger partial charge in [-0.1, -0.05) is 30.3 Å². The first-order valence-corrected chi connectivity index (χ1v) is 10.4. The molecule has 2 aromatic carbocycles. The Labute approximate surface area is 177 Å². The lowest BCUT2D eigenvalue weighted by molar-refractivity contribution is -0.141. The monoisotopic (exact) mass is 428 g/mol. The Morgan fingerprint density at radius 3 is 2.60 bits per heavy atom. The number of amides is 1. The molecule has 0 bridgehead atoms. The van der Waals surface area contributed by atoms with E-state index in [0.717, 1.165) is 11.3 Å². The van der Waals surface area contributed by atoms with Crippen LogP contribution in [0, 0.1) is 5.82 Å². The maximum absolute atomic E-state index is 13.2. The summed E-state index contributed by atoms with van der Waals surface area (Å²) in [7, 11) is 1.28. The number of nitrogens with zero attached hydrogens (tertiary/aromatic N) is 1. The Kier molecular flexibility index (Phi) is 7.62. The SMILES string of the molecule is COC(=O)C[C@@H](NC(=O)CSCc1coc(-c2ccccc2)n1)c1ccc(F)cc1. The van der Waals surface area contributed by atoms with Gasteiger partial charge in [-0.05, 0) is 29.8 Å². The van der Waals surface area contributed by atoms with Gasteiger partial charge in [-0.2, -0.15) is 0 Å². The lowest BCUT2D eigenvalue weighted by Crippen LogP contribution is -2.31. The van der Waals surface area contributed by atoms with E-state index in [-0.39, 0.29) is 23.9 Å². The van der Waals surface area contributed by atoms with Crippen molar-refractivity contribution >= 4 is 23.6 Å². The number of carbonyl (C=O) groups is 2. The summed E-state index contributed by atoms with van der Waals surface area (Å²) < 4.78 is 23.4. The van der Waals surface area contributed by atoms with E-state index in [4.69, 9.17) is 9.15 Å². The van der Waals surface area contributed by atoms with Crippen molar-refractivity contribution in [2.75, 3.05) is 12.9 Å². The fourth-order valence-electron chi connectivity index (χ4n) is 2.77. The molecular formula is C22H21FN2O4S. The minimum Gasteiger partial charge on any atom is -0.469 e. The van der Waals surface area contributed by atoms with E-state index in [2.05, 4.69) is 10.3 Å². The third-order valence-corrected chi connectivity index (χ3v) is 5.23. The van der Waals surface area contributed by atoms with E-state index in [9.17, 15) is 14.0 Å². The maximum atomic E-state index is 13.2. The van der Waals surface area contributed by atoms with Crippen molar-refractivity contribution in [3.8, 4) is 11.5 Å². The number of benzene rings is 2. The first kappa shape index (κ1) is 21.6. The van der Waals surface area contributed by atoms with Crippen LogP contribution in [0.5, 0.6) is 0 Å². The molecule has 3 rings (SSSR count). The van der Waals surface area contributed by atoms with E-state index in [1.54, 1.807) is 6.26 Å². The first-order chi connectivity index (χ1) is 14.5. The van der Waals surface area contributed by atoms with Gasteiger partial charge in [-0.15, -0.1) is 11.8 Å². The van der Waals surface area contributed by atoms with Gasteiger partial charge in [0.25, 0.3) is 0 Å². The Balaban J connectivity index is 1.53. The average Bonchev–Trinajstić information content (AvgIpc) is 3.23. The number of ether oxygens (including phenoxy) is 1. The van der Waals surface area contributed by atoms with Crippen LogP contribution in [0.3, 0.4) is 0 Å². The second-order valence-electron chi connectivity index (χ2n) is 6.45. The highest BCUT2D eigenvalue weighted by Crippen LogP contribution is 2.21. The zero-order valence-electron chi connectivity index (χ0n) is 16.3. The summed E-state index contributed by atoms with van der Waals surface area (Å²) in [6, 6.07) is 14.6. The van der Waals surface area contributed by atoms with E-state index in [1.165, 1.54) is 43.1 Å². The number of halogens is 1. The van der Waals surface area contributed by atoms with Gasteiger partial charge >= 0.3 is 5.97 Å². The van der Waals surface area contributed by atoms with Crippen molar-refractivity contribution in [2.45, 2.75) is 18.2 Å². The zero-order valence-corrected chi connectivity index (χ0v) is 17.2. The normalized spacial score (nSPS) is 11.7. The summed E-state index contributed by atoms with van der Waals surface area (Å²) in [5.41, 5.74) is 2.25. The van der Waals surface area contributed by atoms with Gasteiger partial charge in [0.1, 0.15) is 12.1 Å². The number of carbonyl (C=O) groups excluding carboxylic acids is 2. The molecule has 156 valence electrons. The number of aromatic nitrogens is 1. The van der Waals surface area contributed by atoms with Crippen molar-refractivity contribution in [3.63, 3.8) is 0 Å². The van der Waals surface area contributed by atoms with Crippen LogP contribution in [0.15, 0.2) is 65.3 Å². The van der Waals surface area contributed by atoms with Crippen LogP contribution in [0.2, 0.25) is 0 Å². The smallest absolute Gasteiger partial charge is 0.307 e. The van der Waals surface area contributed by atoms with Crippen LogP contribution >= 0.6 is 11.8 Å². The molecule has 8 heteroatoms. The number of esters is 1. The van der Waals surface area contributed by atoms with Crippen LogP contribution in [0.25, 0.3) is 11.5 Å². The number of hydrogen-bond donors (Lipinski definition) is 1. The summed E-state index contributed by atoms with van der Waals surface area (Å²) in [5, 5.41) is 2.81. The van der Waals surface area contributed by atoms with Gasteiger partial charge in [0, 0.05) is 11.3 Å². The van der Waals surface area contributed by atoms with E-state index in [1.807, 2.05) is 30.3 Å². The van der Waals surface area contributed by atoms with Crippen molar-refractivity contribution in [1.29, 1.82) is 0 Å². The van der Waals surface area contributed by atoms with Gasteiger partial charge in [0.05, 0.1) is 31.0 Å². The molecule has 1 N–H and O–H groups in total. The van der Waals surface area contributed by atoms with Crippen molar-refractivity contribution < 1.29 is 23.1 Å². The summed E-state index contributed by atoms with van der Waals surface area (Å²) in [6.45, 7) is 0. The number of thioether (sulfide) groups is 1. The van der Waals surface area contributed by atoms with Crippen molar-refractivity contribution in [3.05, 3.63) is 77.9 Å². The molecule has 0 aliphatic heterocycles. The van der Waals surface area contributed by atoms with Crippen LogP contribution < -0.4 is 5.32 Å². The Morgan fingerprint density at radius 2 is 1.90 bits per heavy atom. The molecule has 1 amide bonds. The zero-order chi connectivity index (χ0) is 21.3. The van der Waals surface area contributed by atoms with Gasteiger partial charge in [-0.3, -0.25) is 9.59 Å². The number of oxazole rings is 1. The highest BCUT2D eigenvalue weighted by Gasteiger charge is 2.19. The predicted octanol–water partition coefficient (Wildman–Crippen LogP) is 4.13. The quantitative estimate of drug-likeness (QED) is 0.516. The lowest BCUT2D eigenvalue weighted by Gasteiger charge is -2.18. The minimum absolute atomic E-state index is 0.0394. The van der Waals surface area contributed by atoms with Crippen molar-refractivity contribution in [2.24, 2.45) is 0 Å². The predicted molar refractivity (Wildman–Crippen MR) is 112 cm³/mol. The third kappa shape index (κ3) is 6.18. The Bertz CT molecular complexity index is 976. The maximum Gasteiger partial charge on any atom is 0.307 e. The summed E-state index contributed by atoms with van der Waals surface area (Å²) in [5.74, 6) is 0.109. The summed E-state index contributed by atoms with van der Waals surface area (Å²) in [6.07, 6.45) is 1.54. The molecule has 0 unspecified atom stereocenters. The minimum atomic E-state index is -0.595. The van der Waals surface area contributed by atoms with Crippen LogP contribution in [-0.2, 0) is 20.1 Å². The van der Waals surface area contributed by atoms with E-state index < -0.39 is 12.0 Å². The second kappa shape index (κ2) is 10.6. The molecule has 0 fully saturated rings. The number of methoxy groups -OCH3 is 1. The van der Waals surface area contributed by atoms with Gasteiger partial charge in [-0.25, -0.2) is 9.37 Å². The Morgan fingerprint density at radius 1 is 1.17 bits per heavy atom. The average molecular weight is 428 g/mol. The van der Waals surface area contributed by atoms with Crippen molar-refractivity contribution in [1.82, 2.24) is 10.3 Å². The topological polar surface area (TPSA) is 81.4 Å². The summed E-state index contributed by atoms with van der Waals surface area (Å²) >= 11 is 1.38. The van der Waals surface area contributed by atoms with Gasteiger partial charge in [0.2, 0.25) is 11.8 Å². The van der Waals surface area contributed by atoms with Crippen LogP contribution in [0.4, 0.5) is 4.39 Å². The largest absolute Gasteiger partial charge is 0.469 e. The molecular weight excluding hydrogens is 407 g/mol. The molecule has 1 aromatic heterocycles. The molecule has 1 atom stereocenters. The van der Waals surface area contributed by atoms with Gasteiger partial charge < -0.3 is 14.5 Å². The van der Waals surface area contributed by atoms with E-state index >= 15 is 0 Å². The third-order valence-electron chi connectivity index (χ3n) is 4.26. The fraction of sp³-hybridized carbons (Fsp3) is 0.227. The highest BCUT2D eigenvalue weighted by molar-refractivity contribution is 7.99. The molecule has 30 heavy (non-hydrogen) atoms. The number of rotatable bonds is 9. The second-order valence-corrected chi connectivity index (χ2v) is 7.44. The molecule has 3 aromatic rings. The first-order valence-electron chi connectivity index (χ1n) is 9.24. The molecule has 0 aliphatic carbocycles.